The van der Waals surface area contributed by atoms with Crippen molar-refractivity contribution in [2.24, 2.45) is 0 Å². The quantitative estimate of drug-likeness (QED) is 0.682. The van der Waals surface area contributed by atoms with Crippen LogP contribution in [0.4, 0.5) is 17.6 Å². The van der Waals surface area contributed by atoms with Crippen LogP contribution in [0.2, 0.25) is 0 Å². The predicted molar refractivity (Wildman–Crippen MR) is 94.2 cm³/mol. The van der Waals surface area contributed by atoms with Crippen molar-refractivity contribution in [1.29, 1.82) is 0 Å². The van der Waals surface area contributed by atoms with Gasteiger partial charge in [-0.05, 0) is 31.2 Å². The highest BCUT2D eigenvalue weighted by Gasteiger charge is 2.24. The summed E-state index contributed by atoms with van der Waals surface area (Å²) in [6, 6.07) is 5.86. The minimum Gasteiger partial charge on any atom is -0.333 e. The van der Waals surface area contributed by atoms with Gasteiger partial charge in [-0.25, -0.2) is 22.7 Å². The number of H-pyrrole nitrogens is 1. The van der Waals surface area contributed by atoms with E-state index in [-0.39, 0.29) is 27.6 Å². The largest absolute Gasteiger partial charge is 0.333 e. The van der Waals surface area contributed by atoms with Gasteiger partial charge in [0.05, 0.1) is 17.1 Å². The first-order valence-electron chi connectivity index (χ1n) is 8.23. The summed E-state index contributed by atoms with van der Waals surface area (Å²) in [7, 11) is 1.42. The van der Waals surface area contributed by atoms with Crippen molar-refractivity contribution in [3.8, 4) is 0 Å². The Balaban J connectivity index is 2.02. The Morgan fingerprint density at radius 2 is 1.75 bits per heavy atom. The van der Waals surface area contributed by atoms with Crippen molar-refractivity contribution >= 4 is 16.7 Å². The Hall–Kier alpha value is -3.23. The van der Waals surface area contributed by atoms with Gasteiger partial charge in [0.15, 0.2) is 11.6 Å². The summed E-state index contributed by atoms with van der Waals surface area (Å²) < 4.78 is 53.0. The van der Waals surface area contributed by atoms with Crippen LogP contribution in [0.3, 0.4) is 0 Å². The molecule has 3 aromatic rings. The molecule has 0 aliphatic carbocycles. The van der Waals surface area contributed by atoms with Gasteiger partial charge in [-0.2, -0.15) is 5.10 Å². The van der Waals surface area contributed by atoms with Crippen LogP contribution in [-0.4, -0.2) is 28.1 Å². The van der Waals surface area contributed by atoms with Gasteiger partial charge < -0.3 is 4.90 Å². The van der Waals surface area contributed by atoms with Gasteiger partial charge in [0.25, 0.3) is 17.9 Å². The van der Waals surface area contributed by atoms with Gasteiger partial charge in [-0.3, -0.25) is 9.59 Å². The SMILES string of the molecule is C[C@H](c1n[nH]c(=O)c2cc(F)c(F)cc12)N(C)C(=O)c1cccc(C(F)F)c1. The molecule has 146 valence electrons. The zero-order chi connectivity index (χ0) is 20.6. The molecule has 0 saturated carbocycles. The van der Waals surface area contributed by atoms with E-state index in [2.05, 4.69) is 10.2 Å². The summed E-state index contributed by atoms with van der Waals surface area (Å²) in [6.45, 7) is 1.57. The maximum absolute atomic E-state index is 13.7. The predicted octanol–water partition coefficient (Wildman–Crippen LogP) is 3.97. The van der Waals surface area contributed by atoms with Crippen molar-refractivity contribution in [1.82, 2.24) is 15.1 Å². The molecule has 28 heavy (non-hydrogen) atoms. The summed E-state index contributed by atoms with van der Waals surface area (Å²) in [5.74, 6) is -2.92. The van der Waals surface area contributed by atoms with Gasteiger partial charge in [0, 0.05) is 23.6 Å². The highest BCUT2D eigenvalue weighted by Crippen LogP contribution is 2.27. The number of amides is 1. The van der Waals surface area contributed by atoms with Gasteiger partial charge in [0.1, 0.15) is 0 Å². The van der Waals surface area contributed by atoms with Crippen LogP contribution in [0.15, 0.2) is 41.2 Å². The molecule has 0 fully saturated rings. The van der Waals surface area contributed by atoms with E-state index in [0.29, 0.717) is 0 Å². The molecule has 0 radical (unpaired) electrons. The molecule has 2 aromatic carbocycles. The van der Waals surface area contributed by atoms with Crippen molar-refractivity contribution in [2.45, 2.75) is 19.4 Å². The highest BCUT2D eigenvalue weighted by atomic mass is 19.3. The number of nitrogens with zero attached hydrogens (tertiary/aromatic N) is 2. The molecule has 9 heteroatoms. The van der Waals surface area contributed by atoms with Crippen molar-refractivity contribution < 1.29 is 22.4 Å². The number of carbonyl (C=O) groups is 1. The average Bonchev–Trinajstić information content (AvgIpc) is 2.68. The molecule has 0 saturated heterocycles. The van der Waals surface area contributed by atoms with Crippen molar-refractivity contribution in [3.05, 3.63) is 75.2 Å². The van der Waals surface area contributed by atoms with Crippen LogP contribution >= 0.6 is 0 Å². The highest BCUT2D eigenvalue weighted by molar-refractivity contribution is 5.95. The number of rotatable bonds is 4. The second-order valence-corrected chi connectivity index (χ2v) is 6.27. The van der Waals surface area contributed by atoms with E-state index in [0.717, 1.165) is 18.2 Å². The van der Waals surface area contributed by atoms with Crippen LogP contribution in [0.25, 0.3) is 10.8 Å². The molecular weight excluding hydrogens is 378 g/mol. The monoisotopic (exact) mass is 393 g/mol. The molecule has 5 nitrogen and oxygen atoms in total. The van der Waals surface area contributed by atoms with E-state index in [4.69, 9.17) is 0 Å². The van der Waals surface area contributed by atoms with Crippen LogP contribution in [-0.2, 0) is 0 Å². The number of alkyl halides is 2. The lowest BCUT2D eigenvalue weighted by atomic mass is 10.0. The second-order valence-electron chi connectivity index (χ2n) is 6.27. The second kappa shape index (κ2) is 7.41. The average molecular weight is 393 g/mol. The maximum Gasteiger partial charge on any atom is 0.272 e. The third kappa shape index (κ3) is 3.47. The maximum atomic E-state index is 13.7. The number of benzene rings is 2. The number of hydrogen-bond acceptors (Lipinski definition) is 3. The van der Waals surface area contributed by atoms with Gasteiger partial charge in [-0.15, -0.1) is 0 Å². The number of aromatic nitrogens is 2. The fourth-order valence-electron chi connectivity index (χ4n) is 2.87. The van der Waals surface area contributed by atoms with Crippen molar-refractivity contribution in [3.63, 3.8) is 0 Å². The summed E-state index contributed by atoms with van der Waals surface area (Å²) in [5, 5.41) is 6.01. The zero-order valence-corrected chi connectivity index (χ0v) is 14.8. The first kappa shape index (κ1) is 19.5. The third-order valence-electron chi connectivity index (χ3n) is 4.54. The van der Waals surface area contributed by atoms with Crippen LogP contribution in [0.1, 0.15) is 41.0 Å². The lowest BCUT2D eigenvalue weighted by molar-refractivity contribution is 0.0739. The third-order valence-corrected chi connectivity index (χ3v) is 4.54. The van der Waals surface area contributed by atoms with E-state index in [9.17, 15) is 27.2 Å². The minimum absolute atomic E-state index is 0.0399. The Kier molecular flexibility index (Phi) is 5.17. The smallest absolute Gasteiger partial charge is 0.272 e. The first-order valence-corrected chi connectivity index (χ1v) is 8.23. The topological polar surface area (TPSA) is 66.1 Å². The fourth-order valence-corrected chi connectivity index (χ4v) is 2.87. The number of fused-ring (bicyclic) bond motifs is 1. The van der Waals surface area contributed by atoms with Crippen LogP contribution in [0.5, 0.6) is 0 Å². The number of carbonyl (C=O) groups excluding carboxylic acids is 1. The molecular formula is C19H15F4N3O2. The molecule has 0 aliphatic rings. The molecule has 3 rings (SSSR count). The number of nitrogens with one attached hydrogen (secondary N) is 1. The molecule has 1 heterocycles. The van der Waals surface area contributed by atoms with Gasteiger partial charge in [0.2, 0.25) is 0 Å². The summed E-state index contributed by atoms with van der Waals surface area (Å²) in [4.78, 5) is 25.8. The normalized spacial score (nSPS) is 12.4. The minimum atomic E-state index is -2.72. The van der Waals surface area contributed by atoms with Crippen LogP contribution in [0, 0.1) is 11.6 Å². The molecule has 1 atom stereocenters. The van der Waals surface area contributed by atoms with E-state index in [1.807, 2.05) is 0 Å². The van der Waals surface area contributed by atoms with Gasteiger partial charge >= 0.3 is 0 Å². The first-order chi connectivity index (χ1) is 13.2. The molecule has 0 unspecified atom stereocenters. The van der Waals surface area contributed by atoms with E-state index >= 15 is 0 Å². The van der Waals surface area contributed by atoms with E-state index < -0.39 is 35.6 Å². The number of hydrogen-bond donors (Lipinski definition) is 1. The summed E-state index contributed by atoms with van der Waals surface area (Å²) in [6.07, 6.45) is -2.72. The molecule has 1 aromatic heterocycles. The summed E-state index contributed by atoms with van der Waals surface area (Å²) in [5.41, 5.74) is -0.826. The Morgan fingerprint density at radius 3 is 2.39 bits per heavy atom. The Morgan fingerprint density at radius 1 is 1.11 bits per heavy atom. The zero-order valence-electron chi connectivity index (χ0n) is 14.8. The van der Waals surface area contributed by atoms with E-state index in [1.54, 1.807) is 6.92 Å². The van der Waals surface area contributed by atoms with Gasteiger partial charge in [-0.1, -0.05) is 12.1 Å². The fraction of sp³-hybridized carbons (Fsp3) is 0.211. The molecule has 1 N–H and O–H groups in total. The van der Waals surface area contributed by atoms with Crippen molar-refractivity contribution in [2.75, 3.05) is 7.05 Å². The standard InChI is InChI=1S/C19H15F4N3O2/c1-9(26(2)19(28)11-5-3-4-10(6-11)17(22)23)16-12-7-14(20)15(21)8-13(12)18(27)25-24-16/h3-9,17H,1-2H3,(H,25,27)/t9-/m1/s1. The molecule has 0 aliphatic heterocycles. The Bertz CT molecular complexity index is 1110. The summed E-state index contributed by atoms with van der Waals surface area (Å²) >= 11 is 0. The Labute approximate surface area is 156 Å². The lowest BCUT2D eigenvalue weighted by Crippen LogP contribution is -2.31. The number of halogens is 4. The van der Waals surface area contributed by atoms with Crippen LogP contribution < -0.4 is 5.56 Å². The number of aromatic amines is 1. The lowest BCUT2D eigenvalue weighted by Gasteiger charge is -2.25. The molecule has 0 bridgehead atoms. The van der Waals surface area contributed by atoms with E-state index in [1.165, 1.54) is 30.1 Å². The molecule has 1 amide bonds. The molecule has 0 spiro atoms.